The molecule has 456 valence electrons. The number of esters is 2. The number of rotatable bonds is 64. The summed E-state index contributed by atoms with van der Waals surface area (Å²) in [5.41, 5.74) is 0. The number of carbonyl (C=O) groups excluding carboxylic acids is 3. The zero-order valence-electron chi connectivity index (χ0n) is 52.1. The zero-order valence-corrected chi connectivity index (χ0v) is 52.1. The van der Waals surface area contributed by atoms with Crippen LogP contribution in [-0.2, 0) is 33.3 Å². The average Bonchev–Trinajstić information content (AvgIpc) is 3.40. The Bertz CT molecular complexity index is 1270. The highest BCUT2D eigenvalue weighted by molar-refractivity contribution is 5.70. The minimum absolute atomic E-state index is 0.153. The first-order valence-electron chi connectivity index (χ1n) is 33.8. The van der Waals surface area contributed by atoms with Crippen molar-refractivity contribution in [1.29, 1.82) is 0 Å². The predicted octanol–water partition coefficient (Wildman–Crippen LogP) is 19.1. The fraction of sp³-hybridized carbons (Fsp3) is 0.926. The number of nitrogens with zero attached hydrogens (tertiary/aromatic N) is 1. The molecule has 0 aromatic heterocycles. The van der Waals surface area contributed by atoms with Gasteiger partial charge in [-0.3, -0.25) is 9.59 Å². The highest BCUT2D eigenvalue weighted by atomic mass is 16.7. The van der Waals surface area contributed by atoms with Gasteiger partial charge in [-0.15, -0.1) is 0 Å². The number of likely N-dealkylation sites (N-methyl/N-ethyl adjacent to an activating group) is 1. The molecule has 2 unspecified atom stereocenters. The molecule has 0 spiro atoms. The second-order valence-corrected chi connectivity index (χ2v) is 24.5. The lowest BCUT2D eigenvalue weighted by molar-refractivity contribution is -0.870. The number of carbonyl (C=O) groups is 3. The number of aliphatic carboxylic acids is 1. The summed E-state index contributed by atoms with van der Waals surface area (Å²) in [5, 5.41) is 11.8. The van der Waals surface area contributed by atoms with Crippen LogP contribution in [0.2, 0.25) is 0 Å². The van der Waals surface area contributed by atoms with Crippen molar-refractivity contribution in [2.24, 2.45) is 0 Å². The highest BCUT2D eigenvalue weighted by Gasteiger charge is 2.22. The van der Waals surface area contributed by atoms with E-state index in [9.17, 15) is 19.5 Å². The van der Waals surface area contributed by atoms with Gasteiger partial charge in [-0.1, -0.05) is 309 Å². The zero-order chi connectivity index (χ0) is 56.2. The fourth-order valence-electron chi connectivity index (χ4n) is 10.3. The van der Waals surface area contributed by atoms with Gasteiger partial charge in [-0.2, -0.15) is 0 Å². The van der Waals surface area contributed by atoms with Crippen LogP contribution >= 0.6 is 0 Å². The molecule has 9 heteroatoms. The fourth-order valence-corrected chi connectivity index (χ4v) is 10.3. The second kappa shape index (κ2) is 60.1. The van der Waals surface area contributed by atoms with Crippen molar-refractivity contribution in [1.82, 2.24) is 0 Å². The van der Waals surface area contributed by atoms with Crippen LogP contribution in [0.1, 0.15) is 348 Å². The second-order valence-electron chi connectivity index (χ2n) is 24.5. The molecule has 0 aromatic rings. The number of carboxylic acids is 1. The van der Waals surface area contributed by atoms with Gasteiger partial charge in [0.2, 0.25) is 0 Å². The van der Waals surface area contributed by atoms with E-state index in [1.807, 2.05) is 21.1 Å². The molecule has 0 heterocycles. The predicted molar refractivity (Wildman–Crippen MR) is 325 cm³/mol. The van der Waals surface area contributed by atoms with Crippen molar-refractivity contribution >= 4 is 17.9 Å². The first kappa shape index (κ1) is 75.0. The summed E-state index contributed by atoms with van der Waals surface area (Å²) >= 11 is 0. The summed E-state index contributed by atoms with van der Waals surface area (Å²) < 4.78 is 22.7. The summed E-state index contributed by atoms with van der Waals surface area (Å²) in [6, 6.07) is 0. The normalized spacial score (nSPS) is 12.7. The third-order valence-electron chi connectivity index (χ3n) is 15.5. The molecule has 0 aliphatic carbocycles. The first-order valence-corrected chi connectivity index (χ1v) is 33.8. The Morgan fingerprint density at radius 3 is 0.961 bits per heavy atom. The van der Waals surface area contributed by atoms with Crippen LogP contribution < -0.4 is 5.11 Å². The summed E-state index contributed by atoms with van der Waals surface area (Å²) in [6.45, 7) is 4.79. The largest absolute Gasteiger partial charge is 0.545 e. The van der Waals surface area contributed by atoms with Gasteiger partial charge in [0.05, 0.1) is 40.3 Å². The van der Waals surface area contributed by atoms with Gasteiger partial charge < -0.3 is 33.3 Å². The Balaban J connectivity index is 3.82. The quantitative estimate of drug-likeness (QED) is 0.0195. The van der Waals surface area contributed by atoms with E-state index in [1.165, 1.54) is 283 Å². The number of ether oxygens (including phenoxy) is 4. The van der Waals surface area contributed by atoms with E-state index in [4.69, 9.17) is 18.9 Å². The van der Waals surface area contributed by atoms with Crippen LogP contribution in [0.5, 0.6) is 0 Å². The van der Waals surface area contributed by atoms with E-state index in [-0.39, 0.29) is 32.2 Å². The van der Waals surface area contributed by atoms with E-state index >= 15 is 0 Å². The minimum Gasteiger partial charge on any atom is -0.545 e. The van der Waals surface area contributed by atoms with Crippen molar-refractivity contribution in [3.63, 3.8) is 0 Å². The third kappa shape index (κ3) is 61.5. The number of allylic oxidation sites excluding steroid dienone is 2. The molecule has 2 atom stereocenters. The lowest BCUT2D eigenvalue weighted by Gasteiger charge is -2.26. The molecule has 77 heavy (non-hydrogen) atoms. The number of quaternary nitrogens is 1. The minimum atomic E-state index is -1.61. The van der Waals surface area contributed by atoms with Gasteiger partial charge in [0.15, 0.2) is 12.4 Å². The van der Waals surface area contributed by atoms with Gasteiger partial charge in [-0.25, -0.2) is 0 Å². The van der Waals surface area contributed by atoms with Crippen molar-refractivity contribution in [2.75, 3.05) is 47.5 Å². The lowest BCUT2D eigenvalue weighted by Crippen LogP contribution is -2.44. The summed E-state index contributed by atoms with van der Waals surface area (Å²) in [4.78, 5) is 37.2. The highest BCUT2D eigenvalue weighted by Crippen LogP contribution is 2.19. The number of unbranched alkanes of at least 4 members (excludes halogenated alkanes) is 47. The maximum absolute atomic E-state index is 12.9. The third-order valence-corrected chi connectivity index (χ3v) is 15.5. The standard InChI is InChI=1S/C68H131NO8/c1-6-8-10-12-14-16-18-19-20-21-22-23-24-25-26-27-28-29-30-31-32-33-34-35-36-37-38-39-40-41-42-43-44-45-46-47-49-51-53-55-57-59-66(71)77-64(63-76-68(67(72)73)74-61-60-69(3,4)5)62-75-65(70)58-56-54-52-50-48-17-15-13-11-9-7-2/h21-22,64,68H,6-20,23-63H2,1-5H3/b22-21-. The van der Waals surface area contributed by atoms with Gasteiger partial charge in [-0.05, 0) is 38.5 Å². The van der Waals surface area contributed by atoms with Crippen LogP contribution in [0.3, 0.4) is 0 Å². The molecule has 0 fully saturated rings. The molecule has 0 N–H and O–H groups in total. The van der Waals surface area contributed by atoms with Crippen LogP contribution in [0.15, 0.2) is 12.2 Å². The molecule has 0 rings (SSSR count). The maximum atomic E-state index is 12.9. The summed E-state index contributed by atoms with van der Waals surface area (Å²) in [5.74, 6) is -2.26. The number of hydrogen-bond donors (Lipinski definition) is 0. The topological polar surface area (TPSA) is 111 Å². The summed E-state index contributed by atoms with van der Waals surface area (Å²) in [7, 11) is 5.93. The van der Waals surface area contributed by atoms with E-state index in [0.29, 0.717) is 17.4 Å². The molecule has 0 aromatic carbocycles. The smallest absolute Gasteiger partial charge is 0.306 e. The van der Waals surface area contributed by atoms with E-state index in [0.717, 1.165) is 38.5 Å². The molecule has 0 bridgehead atoms. The van der Waals surface area contributed by atoms with Crippen molar-refractivity contribution in [2.45, 2.75) is 360 Å². The monoisotopic (exact) mass is 1090 g/mol. The molecular weight excluding hydrogens is 959 g/mol. The molecule has 0 saturated heterocycles. The van der Waals surface area contributed by atoms with Crippen LogP contribution in [0.25, 0.3) is 0 Å². The molecule has 9 nitrogen and oxygen atoms in total. The van der Waals surface area contributed by atoms with Crippen molar-refractivity contribution in [3.8, 4) is 0 Å². The first-order chi connectivity index (χ1) is 37.6. The average molecular weight is 1090 g/mol. The van der Waals surface area contributed by atoms with Gasteiger partial charge >= 0.3 is 11.9 Å². The maximum Gasteiger partial charge on any atom is 0.306 e. The molecule has 0 aliphatic rings. The van der Waals surface area contributed by atoms with E-state index in [2.05, 4.69) is 26.0 Å². The van der Waals surface area contributed by atoms with Gasteiger partial charge in [0, 0.05) is 12.8 Å². The molecule has 0 saturated carbocycles. The Kier molecular flexibility index (Phi) is 58.6. The van der Waals surface area contributed by atoms with Gasteiger partial charge in [0.1, 0.15) is 13.2 Å². The van der Waals surface area contributed by atoms with Crippen LogP contribution in [0, 0.1) is 0 Å². The number of carboxylic acid groups (broad SMARTS) is 1. The molecule has 0 aliphatic heterocycles. The Morgan fingerprint density at radius 1 is 0.377 bits per heavy atom. The van der Waals surface area contributed by atoms with Crippen LogP contribution in [-0.4, -0.2) is 82.3 Å². The lowest BCUT2D eigenvalue weighted by atomic mass is 10.0. The molecular formula is C68H131NO8. The van der Waals surface area contributed by atoms with Crippen molar-refractivity contribution in [3.05, 3.63) is 12.2 Å². The van der Waals surface area contributed by atoms with Gasteiger partial charge in [0.25, 0.3) is 0 Å². The SMILES string of the molecule is CCCCCCCCCC/C=C\CCCCCCCCCCCCCCCCCCCCCCCCCCCCCCCC(=O)OC(COC(=O)CCCCCCCCCCCCC)COC(OCC[N+](C)(C)C)C(=O)[O-]. The molecule has 0 radical (unpaired) electrons. The van der Waals surface area contributed by atoms with Crippen LogP contribution in [0.4, 0.5) is 0 Å². The van der Waals surface area contributed by atoms with Crippen molar-refractivity contribution < 1.29 is 42.9 Å². The Morgan fingerprint density at radius 2 is 0.662 bits per heavy atom. The summed E-state index contributed by atoms with van der Waals surface area (Å²) in [6.07, 6.45) is 69.1. The van der Waals surface area contributed by atoms with E-state index < -0.39 is 24.3 Å². The number of hydrogen-bond acceptors (Lipinski definition) is 8. The Labute approximate surface area is 478 Å². The Hall–Kier alpha value is -1.97. The molecule has 0 amide bonds. The van der Waals surface area contributed by atoms with E-state index in [1.54, 1.807) is 0 Å².